The van der Waals surface area contributed by atoms with Gasteiger partial charge in [-0.15, -0.1) is 0 Å². The molecule has 1 heterocycles. The number of hydrogen-bond acceptors (Lipinski definition) is 3. The molecule has 0 saturated heterocycles. The molecule has 0 aliphatic rings. The van der Waals surface area contributed by atoms with E-state index in [2.05, 4.69) is 4.98 Å². The Morgan fingerprint density at radius 3 is 2.46 bits per heavy atom. The Hall–Kier alpha value is -2.66. The maximum absolute atomic E-state index is 12.7. The lowest BCUT2D eigenvalue weighted by atomic mass is 10.1. The van der Waals surface area contributed by atoms with E-state index < -0.39 is 5.69 Å². The molecular formula is C20H20ClN3O2. The van der Waals surface area contributed by atoms with Crippen LogP contribution in [0.5, 0.6) is 0 Å². The molecule has 1 aromatic heterocycles. The van der Waals surface area contributed by atoms with Gasteiger partial charge in [0.15, 0.2) is 0 Å². The van der Waals surface area contributed by atoms with Gasteiger partial charge in [-0.3, -0.25) is 9.36 Å². The van der Waals surface area contributed by atoms with Crippen molar-refractivity contribution in [1.82, 2.24) is 14.5 Å². The molecule has 2 aromatic carbocycles. The van der Waals surface area contributed by atoms with Crippen molar-refractivity contribution in [2.75, 3.05) is 13.1 Å². The smallest absolute Gasteiger partial charge is 0.342 e. The van der Waals surface area contributed by atoms with Gasteiger partial charge in [0, 0.05) is 29.1 Å². The fourth-order valence-electron chi connectivity index (χ4n) is 3.03. The summed E-state index contributed by atoms with van der Waals surface area (Å²) in [7, 11) is 0. The van der Waals surface area contributed by atoms with Gasteiger partial charge in [-0.25, -0.2) is 4.79 Å². The number of carbonyl (C=O) groups is 1. The standard InChI is InChI=1S/C20H20ClN3O2/c1-3-23(4-2)18(25)13-24-17-11-10-15(21)12-16(17)19(22-20(24)26)14-8-6-5-7-9-14/h5-12H,3-4,13H2,1-2H3. The minimum absolute atomic E-state index is 0.0410. The quantitative estimate of drug-likeness (QED) is 0.690. The summed E-state index contributed by atoms with van der Waals surface area (Å²) in [5.74, 6) is -0.109. The number of benzene rings is 2. The highest BCUT2D eigenvalue weighted by molar-refractivity contribution is 6.31. The topological polar surface area (TPSA) is 55.2 Å². The Morgan fingerprint density at radius 1 is 1.12 bits per heavy atom. The lowest BCUT2D eigenvalue weighted by Gasteiger charge is -2.20. The SMILES string of the molecule is CCN(CC)C(=O)Cn1c(=O)nc(-c2ccccc2)c2cc(Cl)ccc21. The van der Waals surface area contributed by atoms with Gasteiger partial charge in [-0.2, -0.15) is 4.98 Å². The first kappa shape index (κ1) is 18.1. The average Bonchev–Trinajstić information content (AvgIpc) is 2.65. The van der Waals surface area contributed by atoms with E-state index in [1.54, 1.807) is 23.1 Å². The van der Waals surface area contributed by atoms with Crippen molar-refractivity contribution >= 4 is 28.4 Å². The predicted octanol–water partition coefficient (Wildman–Crippen LogP) is 3.59. The number of amides is 1. The van der Waals surface area contributed by atoms with Gasteiger partial charge in [0.05, 0.1) is 11.2 Å². The normalized spacial score (nSPS) is 10.9. The Labute approximate surface area is 156 Å². The van der Waals surface area contributed by atoms with Crippen molar-refractivity contribution in [1.29, 1.82) is 0 Å². The van der Waals surface area contributed by atoms with Crippen LogP contribution >= 0.6 is 11.6 Å². The Morgan fingerprint density at radius 2 is 1.81 bits per heavy atom. The van der Waals surface area contributed by atoms with Crippen molar-refractivity contribution < 1.29 is 4.79 Å². The molecule has 0 bridgehead atoms. The van der Waals surface area contributed by atoms with E-state index in [0.717, 1.165) is 10.9 Å². The Bertz CT molecular complexity index is 995. The number of likely N-dealkylation sites (N-methyl/N-ethyl adjacent to an activating group) is 1. The highest BCUT2D eigenvalue weighted by Gasteiger charge is 2.17. The first-order chi connectivity index (χ1) is 12.5. The number of hydrogen-bond donors (Lipinski definition) is 0. The van der Waals surface area contributed by atoms with Crippen LogP contribution in [0.15, 0.2) is 53.3 Å². The minimum Gasteiger partial charge on any atom is -0.342 e. The van der Waals surface area contributed by atoms with Crippen LogP contribution in [0, 0.1) is 0 Å². The molecule has 1 amide bonds. The Balaban J connectivity index is 2.19. The molecule has 0 unspecified atom stereocenters. The fraction of sp³-hybridized carbons (Fsp3) is 0.250. The molecule has 0 fully saturated rings. The molecule has 0 atom stereocenters. The van der Waals surface area contributed by atoms with E-state index >= 15 is 0 Å². The van der Waals surface area contributed by atoms with Crippen LogP contribution in [0.25, 0.3) is 22.2 Å². The van der Waals surface area contributed by atoms with Crippen molar-refractivity contribution in [3.05, 3.63) is 64.0 Å². The molecule has 3 aromatic rings. The molecule has 0 aliphatic heterocycles. The van der Waals surface area contributed by atoms with Crippen molar-refractivity contribution in [2.24, 2.45) is 0 Å². The van der Waals surface area contributed by atoms with Crippen LogP contribution in [0.4, 0.5) is 0 Å². The van der Waals surface area contributed by atoms with E-state index in [-0.39, 0.29) is 12.5 Å². The van der Waals surface area contributed by atoms with Gasteiger partial charge in [0.1, 0.15) is 6.54 Å². The molecule has 0 radical (unpaired) electrons. The van der Waals surface area contributed by atoms with Crippen molar-refractivity contribution in [3.63, 3.8) is 0 Å². The number of nitrogens with zero attached hydrogens (tertiary/aromatic N) is 3. The maximum atomic E-state index is 12.7. The van der Waals surface area contributed by atoms with E-state index in [9.17, 15) is 9.59 Å². The second-order valence-electron chi connectivity index (χ2n) is 5.92. The van der Waals surface area contributed by atoms with Gasteiger partial charge in [-0.1, -0.05) is 41.9 Å². The van der Waals surface area contributed by atoms with Crippen LogP contribution in [-0.4, -0.2) is 33.4 Å². The summed E-state index contributed by atoms with van der Waals surface area (Å²) >= 11 is 6.18. The second-order valence-corrected chi connectivity index (χ2v) is 6.36. The third-order valence-electron chi connectivity index (χ3n) is 4.40. The number of halogens is 1. The summed E-state index contributed by atoms with van der Waals surface area (Å²) in [5.41, 5.74) is 1.60. The molecule has 5 nitrogen and oxygen atoms in total. The molecule has 0 aliphatic carbocycles. The molecule has 3 rings (SSSR count). The summed E-state index contributed by atoms with van der Waals surface area (Å²) in [6, 6.07) is 14.7. The van der Waals surface area contributed by atoms with Gasteiger partial charge in [-0.05, 0) is 32.0 Å². The van der Waals surface area contributed by atoms with E-state index in [1.165, 1.54) is 4.57 Å². The average molecular weight is 370 g/mol. The third kappa shape index (κ3) is 3.48. The number of aromatic nitrogens is 2. The lowest BCUT2D eigenvalue weighted by Crippen LogP contribution is -2.37. The zero-order chi connectivity index (χ0) is 18.7. The lowest BCUT2D eigenvalue weighted by molar-refractivity contribution is -0.131. The highest BCUT2D eigenvalue weighted by Crippen LogP contribution is 2.27. The van der Waals surface area contributed by atoms with Crippen LogP contribution in [0.2, 0.25) is 5.02 Å². The summed E-state index contributed by atoms with van der Waals surface area (Å²) in [4.78, 5) is 31.1. The molecule has 0 saturated carbocycles. The number of carbonyl (C=O) groups excluding carboxylic acids is 1. The van der Waals surface area contributed by atoms with Crippen molar-refractivity contribution in [3.8, 4) is 11.3 Å². The molecule has 6 heteroatoms. The molecule has 0 N–H and O–H groups in total. The molecule has 0 spiro atoms. The van der Waals surface area contributed by atoms with Gasteiger partial charge >= 0.3 is 5.69 Å². The molecule has 134 valence electrons. The van der Waals surface area contributed by atoms with E-state index in [4.69, 9.17) is 11.6 Å². The van der Waals surface area contributed by atoms with Gasteiger partial charge in [0.25, 0.3) is 0 Å². The first-order valence-corrected chi connectivity index (χ1v) is 8.96. The Kier molecular flexibility index (Phi) is 5.38. The number of rotatable bonds is 5. The summed E-state index contributed by atoms with van der Waals surface area (Å²) in [6.07, 6.45) is 0. The maximum Gasteiger partial charge on any atom is 0.349 e. The number of fused-ring (bicyclic) bond motifs is 1. The van der Waals surface area contributed by atoms with E-state index in [0.29, 0.717) is 29.3 Å². The van der Waals surface area contributed by atoms with Crippen LogP contribution < -0.4 is 5.69 Å². The van der Waals surface area contributed by atoms with Crippen LogP contribution in [-0.2, 0) is 11.3 Å². The fourth-order valence-corrected chi connectivity index (χ4v) is 3.21. The zero-order valence-electron chi connectivity index (χ0n) is 14.8. The van der Waals surface area contributed by atoms with Gasteiger partial charge in [0.2, 0.25) is 5.91 Å². The summed E-state index contributed by atoms with van der Waals surface area (Å²) in [5, 5.41) is 1.30. The molecule has 26 heavy (non-hydrogen) atoms. The highest BCUT2D eigenvalue weighted by atomic mass is 35.5. The second kappa shape index (κ2) is 7.70. The van der Waals surface area contributed by atoms with Crippen LogP contribution in [0.3, 0.4) is 0 Å². The van der Waals surface area contributed by atoms with Crippen molar-refractivity contribution in [2.45, 2.75) is 20.4 Å². The van der Waals surface area contributed by atoms with Crippen LogP contribution in [0.1, 0.15) is 13.8 Å². The minimum atomic E-state index is -0.445. The zero-order valence-corrected chi connectivity index (χ0v) is 15.5. The third-order valence-corrected chi connectivity index (χ3v) is 4.63. The van der Waals surface area contributed by atoms with Gasteiger partial charge < -0.3 is 4.90 Å². The predicted molar refractivity (Wildman–Crippen MR) is 104 cm³/mol. The summed E-state index contributed by atoms with van der Waals surface area (Å²) in [6.45, 7) is 4.99. The van der Waals surface area contributed by atoms with E-state index in [1.807, 2.05) is 44.2 Å². The monoisotopic (exact) mass is 369 g/mol. The largest absolute Gasteiger partial charge is 0.349 e. The first-order valence-electron chi connectivity index (χ1n) is 8.58. The molecular weight excluding hydrogens is 350 g/mol. The summed E-state index contributed by atoms with van der Waals surface area (Å²) < 4.78 is 1.42.